The zero-order chi connectivity index (χ0) is 14.0. The highest BCUT2D eigenvalue weighted by molar-refractivity contribution is 5.62. The van der Waals surface area contributed by atoms with Crippen LogP contribution in [-0.2, 0) is 0 Å². The summed E-state index contributed by atoms with van der Waals surface area (Å²) in [6.45, 7) is 1.83. The monoisotopic (exact) mass is 261 g/mol. The molecule has 2 aromatic rings. The Morgan fingerprint density at radius 1 is 1.16 bits per heavy atom. The highest BCUT2D eigenvalue weighted by atomic mass is 19.1. The smallest absolute Gasteiger partial charge is 0.230 e. The third kappa shape index (κ3) is 2.78. The lowest BCUT2D eigenvalue weighted by Gasteiger charge is -2.13. The summed E-state index contributed by atoms with van der Waals surface area (Å²) in [6, 6.07) is 4.55. The summed E-state index contributed by atoms with van der Waals surface area (Å²) < 4.78 is 13.1. The second kappa shape index (κ2) is 5.17. The number of halogens is 1. The number of aromatic nitrogens is 3. The average molecular weight is 261 g/mol. The van der Waals surface area contributed by atoms with Gasteiger partial charge in [-0.2, -0.15) is 15.0 Å². The van der Waals surface area contributed by atoms with Crippen LogP contribution < -0.4 is 10.2 Å². The van der Waals surface area contributed by atoms with Crippen molar-refractivity contribution >= 4 is 11.9 Å². The molecule has 0 saturated carbocycles. The van der Waals surface area contributed by atoms with Crippen molar-refractivity contribution in [2.24, 2.45) is 0 Å². The van der Waals surface area contributed by atoms with Crippen LogP contribution in [0.5, 0.6) is 0 Å². The Bertz CT molecular complexity index is 598. The minimum absolute atomic E-state index is 0.267. The molecule has 5 nitrogen and oxygen atoms in total. The van der Waals surface area contributed by atoms with E-state index in [0.717, 1.165) is 11.1 Å². The number of nitrogens with zero attached hydrogens (tertiary/aromatic N) is 4. The second-order valence-electron chi connectivity index (χ2n) is 4.39. The quantitative estimate of drug-likeness (QED) is 0.917. The average Bonchev–Trinajstić information content (AvgIpc) is 2.38. The highest BCUT2D eigenvalue weighted by Crippen LogP contribution is 2.22. The SMILES string of the molecule is CNc1nc(-c2ccc(F)cc2C)nc(N(C)C)n1. The lowest BCUT2D eigenvalue weighted by molar-refractivity contribution is 0.627. The maximum atomic E-state index is 13.1. The predicted molar refractivity (Wildman–Crippen MR) is 73.8 cm³/mol. The molecular formula is C13H16FN5. The summed E-state index contributed by atoms with van der Waals surface area (Å²) in [7, 11) is 5.46. The van der Waals surface area contributed by atoms with Gasteiger partial charge in [-0.1, -0.05) is 0 Å². The van der Waals surface area contributed by atoms with Crippen molar-refractivity contribution in [3.63, 3.8) is 0 Å². The minimum Gasteiger partial charge on any atom is -0.357 e. The zero-order valence-corrected chi connectivity index (χ0v) is 11.4. The van der Waals surface area contributed by atoms with E-state index in [-0.39, 0.29) is 5.82 Å². The maximum absolute atomic E-state index is 13.1. The summed E-state index contributed by atoms with van der Waals surface area (Å²) in [4.78, 5) is 14.7. The van der Waals surface area contributed by atoms with Crippen molar-refractivity contribution in [3.05, 3.63) is 29.6 Å². The molecule has 1 heterocycles. The van der Waals surface area contributed by atoms with Gasteiger partial charge in [0.1, 0.15) is 5.82 Å². The van der Waals surface area contributed by atoms with Crippen LogP contribution in [-0.4, -0.2) is 36.1 Å². The normalized spacial score (nSPS) is 10.4. The summed E-state index contributed by atoms with van der Waals surface area (Å²) in [5.41, 5.74) is 1.58. The molecule has 0 aliphatic heterocycles. The Morgan fingerprint density at radius 2 is 1.89 bits per heavy atom. The third-order valence-corrected chi connectivity index (χ3v) is 2.68. The van der Waals surface area contributed by atoms with Crippen LogP contribution in [0.2, 0.25) is 0 Å². The van der Waals surface area contributed by atoms with Crippen LogP contribution in [0.25, 0.3) is 11.4 Å². The fourth-order valence-electron chi connectivity index (χ4n) is 1.67. The molecule has 0 bridgehead atoms. The number of nitrogens with one attached hydrogen (secondary N) is 1. The third-order valence-electron chi connectivity index (χ3n) is 2.68. The Kier molecular flexibility index (Phi) is 3.59. The van der Waals surface area contributed by atoms with E-state index in [4.69, 9.17) is 0 Å². The van der Waals surface area contributed by atoms with E-state index in [1.54, 1.807) is 18.0 Å². The van der Waals surface area contributed by atoms with Gasteiger partial charge in [0.05, 0.1) is 0 Å². The van der Waals surface area contributed by atoms with Crippen molar-refractivity contribution in [1.82, 2.24) is 15.0 Å². The van der Waals surface area contributed by atoms with Gasteiger partial charge in [0.2, 0.25) is 11.9 Å². The van der Waals surface area contributed by atoms with Crippen molar-refractivity contribution < 1.29 is 4.39 Å². The molecule has 2 rings (SSSR count). The van der Waals surface area contributed by atoms with Crippen molar-refractivity contribution in [1.29, 1.82) is 0 Å². The molecule has 0 unspecified atom stereocenters. The van der Waals surface area contributed by atoms with Gasteiger partial charge in [-0.05, 0) is 30.7 Å². The molecule has 1 aromatic carbocycles. The van der Waals surface area contributed by atoms with E-state index < -0.39 is 0 Å². The van der Waals surface area contributed by atoms with Gasteiger partial charge in [0, 0.05) is 26.7 Å². The summed E-state index contributed by atoms with van der Waals surface area (Å²) in [5.74, 6) is 1.30. The van der Waals surface area contributed by atoms with Crippen LogP contribution in [0.3, 0.4) is 0 Å². The van der Waals surface area contributed by atoms with Crippen LogP contribution in [0.1, 0.15) is 5.56 Å². The number of anilines is 2. The van der Waals surface area contributed by atoms with Gasteiger partial charge in [-0.25, -0.2) is 4.39 Å². The lowest BCUT2D eigenvalue weighted by atomic mass is 10.1. The lowest BCUT2D eigenvalue weighted by Crippen LogP contribution is -2.15. The Morgan fingerprint density at radius 3 is 2.47 bits per heavy atom. The van der Waals surface area contributed by atoms with Crippen LogP contribution in [0.4, 0.5) is 16.3 Å². The van der Waals surface area contributed by atoms with Gasteiger partial charge in [0.25, 0.3) is 0 Å². The molecule has 19 heavy (non-hydrogen) atoms. The molecule has 0 spiro atoms. The van der Waals surface area contributed by atoms with Crippen molar-refractivity contribution in [2.45, 2.75) is 6.92 Å². The van der Waals surface area contributed by atoms with Gasteiger partial charge in [-0.3, -0.25) is 0 Å². The van der Waals surface area contributed by atoms with Crippen LogP contribution in [0.15, 0.2) is 18.2 Å². The molecule has 0 fully saturated rings. The first-order chi connectivity index (χ1) is 9.01. The van der Waals surface area contributed by atoms with Gasteiger partial charge >= 0.3 is 0 Å². The number of hydrogen-bond donors (Lipinski definition) is 1. The molecule has 0 amide bonds. The van der Waals surface area contributed by atoms with E-state index >= 15 is 0 Å². The van der Waals surface area contributed by atoms with Crippen LogP contribution >= 0.6 is 0 Å². The molecule has 1 aromatic heterocycles. The van der Waals surface area contributed by atoms with E-state index in [2.05, 4.69) is 20.3 Å². The molecule has 0 saturated heterocycles. The number of benzene rings is 1. The first-order valence-corrected chi connectivity index (χ1v) is 5.89. The first-order valence-electron chi connectivity index (χ1n) is 5.89. The molecule has 0 aliphatic carbocycles. The second-order valence-corrected chi connectivity index (χ2v) is 4.39. The molecule has 1 N–H and O–H groups in total. The number of rotatable bonds is 3. The van der Waals surface area contributed by atoms with Crippen LogP contribution in [0, 0.1) is 12.7 Å². The highest BCUT2D eigenvalue weighted by Gasteiger charge is 2.11. The number of hydrogen-bond acceptors (Lipinski definition) is 5. The fourth-order valence-corrected chi connectivity index (χ4v) is 1.67. The standard InChI is InChI=1S/C13H16FN5/c1-8-7-9(14)5-6-10(8)11-16-12(15-2)18-13(17-11)19(3)4/h5-7H,1-4H3,(H,15,16,17,18). The predicted octanol–water partition coefficient (Wildman–Crippen LogP) is 2.09. The summed E-state index contributed by atoms with van der Waals surface area (Å²) in [6.07, 6.45) is 0. The van der Waals surface area contributed by atoms with E-state index in [0.29, 0.717) is 17.7 Å². The molecule has 6 heteroatoms. The molecule has 0 atom stereocenters. The fraction of sp³-hybridized carbons (Fsp3) is 0.308. The van der Waals surface area contributed by atoms with Crippen molar-refractivity contribution in [2.75, 3.05) is 31.4 Å². The van der Waals surface area contributed by atoms with Gasteiger partial charge < -0.3 is 10.2 Å². The van der Waals surface area contributed by atoms with Gasteiger partial charge in [-0.15, -0.1) is 0 Å². The number of aryl methyl sites for hydroxylation is 1. The van der Waals surface area contributed by atoms with E-state index in [1.165, 1.54) is 12.1 Å². The largest absolute Gasteiger partial charge is 0.357 e. The van der Waals surface area contributed by atoms with E-state index in [9.17, 15) is 4.39 Å². The first kappa shape index (κ1) is 13.2. The Labute approximate surface area is 111 Å². The van der Waals surface area contributed by atoms with Crippen molar-refractivity contribution in [3.8, 4) is 11.4 Å². The van der Waals surface area contributed by atoms with Gasteiger partial charge in [0.15, 0.2) is 5.82 Å². The van der Waals surface area contributed by atoms with E-state index in [1.807, 2.05) is 21.0 Å². The molecule has 0 radical (unpaired) electrons. The zero-order valence-electron chi connectivity index (χ0n) is 11.4. The Balaban J connectivity index is 2.57. The topological polar surface area (TPSA) is 53.9 Å². The Hall–Kier alpha value is -2.24. The summed E-state index contributed by atoms with van der Waals surface area (Å²) >= 11 is 0. The molecule has 100 valence electrons. The maximum Gasteiger partial charge on any atom is 0.230 e. The summed E-state index contributed by atoms with van der Waals surface area (Å²) in [5, 5.41) is 2.90. The molecule has 0 aliphatic rings. The molecular weight excluding hydrogens is 245 g/mol. The minimum atomic E-state index is -0.267.